The van der Waals surface area contributed by atoms with Crippen molar-refractivity contribution in [2.24, 2.45) is 0 Å². The third kappa shape index (κ3) is 5.82. The number of benzene rings is 1. The molecule has 150 valence electrons. The lowest BCUT2D eigenvalue weighted by atomic mass is 10.2. The van der Waals surface area contributed by atoms with Crippen molar-refractivity contribution in [1.29, 1.82) is 0 Å². The number of rotatable bonds is 8. The third-order valence-electron chi connectivity index (χ3n) is 4.11. The molecule has 28 heavy (non-hydrogen) atoms. The summed E-state index contributed by atoms with van der Waals surface area (Å²) in [6.07, 6.45) is 1.41. The van der Waals surface area contributed by atoms with Crippen molar-refractivity contribution in [3.63, 3.8) is 0 Å². The van der Waals surface area contributed by atoms with Crippen molar-refractivity contribution in [2.75, 3.05) is 11.9 Å². The largest absolute Gasteiger partial charge is 0.451 e. The molecule has 0 saturated carbocycles. The zero-order chi connectivity index (χ0) is 20.7. The van der Waals surface area contributed by atoms with Crippen LogP contribution in [-0.4, -0.2) is 40.2 Å². The number of hydrogen-bond acceptors (Lipinski definition) is 5. The van der Waals surface area contributed by atoms with Crippen LogP contribution in [0, 0.1) is 0 Å². The van der Waals surface area contributed by atoms with E-state index in [0.717, 1.165) is 6.42 Å². The molecule has 0 aliphatic rings. The molecular weight excluding hydrogens is 384 g/mol. The molecule has 2 atom stereocenters. The van der Waals surface area contributed by atoms with Crippen molar-refractivity contribution in [3.05, 3.63) is 47.1 Å². The molecule has 0 bridgehead atoms. The lowest BCUT2D eigenvalue weighted by molar-refractivity contribution is -0.152. The fourth-order valence-corrected chi connectivity index (χ4v) is 2.44. The first kappa shape index (κ1) is 21.4. The predicted octanol–water partition coefficient (Wildman–Crippen LogP) is 2.81. The molecule has 2 N–H and O–H groups in total. The predicted molar refractivity (Wildman–Crippen MR) is 105 cm³/mol. The van der Waals surface area contributed by atoms with Gasteiger partial charge in [-0.25, -0.2) is 4.68 Å². The topological polar surface area (TPSA) is 102 Å². The molecular formula is C19H23ClN4O4. The summed E-state index contributed by atoms with van der Waals surface area (Å²) >= 11 is 5.77. The highest BCUT2D eigenvalue weighted by Gasteiger charge is 2.20. The SMILES string of the molecule is CC[C@H](C)n1nccc1NC(=O)[C@@H](C)OC(=O)CNC(=O)c1ccc(Cl)cc1. The number of carbonyl (C=O) groups is 3. The van der Waals surface area contributed by atoms with Gasteiger partial charge in [-0.05, 0) is 44.5 Å². The summed E-state index contributed by atoms with van der Waals surface area (Å²) in [5.74, 6) is -1.12. The molecule has 0 aliphatic heterocycles. The van der Waals surface area contributed by atoms with Gasteiger partial charge in [0.1, 0.15) is 12.4 Å². The molecule has 8 nitrogen and oxygen atoms in total. The maximum atomic E-state index is 12.3. The lowest BCUT2D eigenvalue weighted by Gasteiger charge is -2.17. The average Bonchev–Trinajstić information content (AvgIpc) is 3.14. The van der Waals surface area contributed by atoms with E-state index in [0.29, 0.717) is 16.4 Å². The van der Waals surface area contributed by atoms with E-state index in [1.54, 1.807) is 41.2 Å². The zero-order valence-electron chi connectivity index (χ0n) is 15.9. The van der Waals surface area contributed by atoms with Crippen molar-refractivity contribution in [2.45, 2.75) is 39.3 Å². The molecule has 0 fully saturated rings. The number of nitrogens with zero attached hydrogens (tertiary/aromatic N) is 2. The standard InChI is InChI=1S/C19H23ClN4O4/c1-4-12(2)24-16(9-10-22-24)23-18(26)13(3)28-17(25)11-21-19(27)14-5-7-15(20)8-6-14/h5-10,12-13H,4,11H2,1-3H3,(H,21,27)(H,23,26)/t12-,13+/m0/s1. The average molecular weight is 407 g/mol. The molecule has 0 aliphatic carbocycles. The molecule has 1 aromatic carbocycles. The van der Waals surface area contributed by atoms with Crippen LogP contribution in [0.3, 0.4) is 0 Å². The zero-order valence-corrected chi connectivity index (χ0v) is 16.7. The Morgan fingerprint density at radius 1 is 1.18 bits per heavy atom. The summed E-state index contributed by atoms with van der Waals surface area (Å²) in [7, 11) is 0. The number of halogens is 1. The number of hydrogen-bond donors (Lipinski definition) is 2. The Balaban J connectivity index is 1.83. The van der Waals surface area contributed by atoms with Crippen molar-refractivity contribution in [1.82, 2.24) is 15.1 Å². The minimum Gasteiger partial charge on any atom is -0.451 e. The Kier molecular flexibility index (Phi) is 7.57. The molecule has 0 spiro atoms. The molecule has 0 unspecified atom stereocenters. The summed E-state index contributed by atoms with van der Waals surface area (Å²) in [5.41, 5.74) is 0.362. The van der Waals surface area contributed by atoms with Gasteiger partial charge in [0, 0.05) is 16.7 Å². The molecule has 2 aromatic rings. The Hall–Kier alpha value is -2.87. The van der Waals surface area contributed by atoms with Gasteiger partial charge < -0.3 is 15.4 Å². The lowest BCUT2D eigenvalue weighted by Crippen LogP contribution is -2.36. The highest BCUT2D eigenvalue weighted by molar-refractivity contribution is 6.30. The summed E-state index contributed by atoms with van der Waals surface area (Å²) < 4.78 is 6.77. The van der Waals surface area contributed by atoms with Gasteiger partial charge in [0.25, 0.3) is 11.8 Å². The highest BCUT2D eigenvalue weighted by Crippen LogP contribution is 2.16. The molecule has 1 aromatic heterocycles. The Morgan fingerprint density at radius 2 is 1.86 bits per heavy atom. The van der Waals surface area contributed by atoms with Gasteiger partial charge in [0.05, 0.1) is 12.2 Å². The summed E-state index contributed by atoms with van der Waals surface area (Å²) in [6, 6.07) is 8.02. The second-order valence-electron chi connectivity index (χ2n) is 6.23. The monoisotopic (exact) mass is 406 g/mol. The van der Waals surface area contributed by atoms with Gasteiger partial charge >= 0.3 is 5.97 Å². The number of amides is 2. The van der Waals surface area contributed by atoms with Crippen LogP contribution in [0.15, 0.2) is 36.5 Å². The van der Waals surface area contributed by atoms with E-state index in [1.165, 1.54) is 6.92 Å². The van der Waals surface area contributed by atoms with Crippen LogP contribution in [0.5, 0.6) is 0 Å². The van der Waals surface area contributed by atoms with Crippen LogP contribution >= 0.6 is 11.6 Å². The van der Waals surface area contributed by atoms with E-state index in [9.17, 15) is 14.4 Å². The molecule has 0 saturated heterocycles. The van der Waals surface area contributed by atoms with Crippen LogP contribution in [0.25, 0.3) is 0 Å². The van der Waals surface area contributed by atoms with Crippen LogP contribution < -0.4 is 10.6 Å². The second-order valence-corrected chi connectivity index (χ2v) is 6.67. The summed E-state index contributed by atoms with van der Waals surface area (Å²) in [5, 5.41) is 9.82. The summed E-state index contributed by atoms with van der Waals surface area (Å²) in [4.78, 5) is 36.2. The molecule has 2 amide bonds. The van der Waals surface area contributed by atoms with Gasteiger partial charge in [-0.1, -0.05) is 18.5 Å². The van der Waals surface area contributed by atoms with Gasteiger partial charge in [-0.15, -0.1) is 0 Å². The smallest absolute Gasteiger partial charge is 0.326 e. The first-order valence-corrected chi connectivity index (χ1v) is 9.27. The van der Waals surface area contributed by atoms with Crippen LogP contribution in [0.4, 0.5) is 5.82 Å². The van der Waals surface area contributed by atoms with Crippen LogP contribution in [0.1, 0.15) is 43.6 Å². The fourth-order valence-electron chi connectivity index (χ4n) is 2.31. The normalized spacial score (nSPS) is 12.7. The Morgan fingerprint density at radius 3 is 2.50 bits per heavy atom. The van der Waals surface area contributed by atoms with E-state index in [-0.39, 0.29) is 12.6 Å². The first-order chi connectivity index (χ1) is 13.3. The molecule has 1 heterocycles. The number of esters is 1. The highest BCUT2D eigenvalue weighted by atomic mass is 35.5. The van der Waals surface area contributed by atoms with E-state index in [4.69, 9.17) is 16.3 Å². The Bertz CT molecular complexity index is 835. The molecule has 0 radical (unpaired) electrons. The number of anilines is 1. The maximum absolute atomic E-state index is 12.3. The third-order valence-corrected chi connectivity index (χ3v) is 4.36. The van der Waals surface area contributed by atoms with Gasteiger partial charge in [-0.3, -0.25) is 14.4 Å². The van der Waals surface area contributed by atoms with Crippen molar-refractivity contribution < 1.29 is 19.1 Å². The van der Waals surface area contributed by atoms with E-state index in [2.05, 4.69) is 15.7 Å². The van der Waals surface area contributed by atoms with Crippen LogP contribution in [0.2, 0.25) is 5.02 Å². The maximum Gasteiger partial charge on any atom is 0.326 e. The minimum absolute atomic E-state index is 0.117. The van der Waals surface area contributed by atoms with E-state index in [1.807, 2.05) is 13.8 Å². The van der Waals surface area contributed by atoms with E-state index < -0.39 is 23.9 Å². The summed E-state index contributed by atoms with van der Waals surface area (Å²) in [6.45, 7) is 5.10. The quantitative estimate of drug-likeness (QED) is 0.656. The number of ether oxygens (including phenoxy) is 1. The van der Waals surface area contributed by atoms with Crippen LogP contribution in [-0.2, 0) is 14.3 Å². The molecule has 2 rings (SSSR count). The first-order valence-electron chi connectivity index (χ1n) is 8.89. The minimum atomic E-state index is -1.03. The van der Waals surface area contributed by atoms with Gasteiger partial charge in [0.2, 0.25) is 0 Å². The Labute approximate surface area is 168 Å². The van der Waals surface area contributed by atoms with Crippen molar-refractivity contribution in [3.8, 4) is 0 Å². The number of nitrogens with one attached hydrogen (secondary N) is 2. The number of carbonyl (C=O) groups excluding carboxylic acids is 3. The fraction of sp³-hybridized carbons (Fsp3) is 0.368. The van der Waals surface area contributed by atoms with Gasteiger partial charge in [-0.2, -0.15) is 5.10 Å². The van der Waals surface area contributed by atoms with Gasteiger partial charge in [0.15, 0.2) is 6.10 Å². The number of aromatic nitrogens is 2. The molecule has 9 heteroatoms. The second kappa shape index (κ2) is 9.89. The van der Waals surface area contributed by atoms with E-state index >= 15 is 0 Å². The van der Waals surface area contributed by atoms with Crippen molar-refractivity contribution >= 4 is 35.2 Å².